The maximum atomic E-state index is 5.17. The van der Waals surface area contributed by atoms with Gasteiger partial charge in [0.1, 0.15) is 5.75 Å². The first-order valence-corrected chi connectivity index (χ1v) is 7.45. The van der Waals surface area contributed by atoms with Crippen molar-refractivity contribution in [1.29, 1.82) is 0 Å². The molecule has 0 aliphatic heterocycles. The van der Waals surface area contributed by atoms with Crippen molar-refractivity contribution in [2.24, 2.45) is 0 Å². The summed E-state index contributed by atoms with van der Waals surface area (Å²) >= 11 is 1.81. The first kappa shape index (κ1) is 13.0. The molecule has 100 valence electrons. The molecule has 0 aliphatic carbocycles. The van der Waals surface area contributed by atoms with Crippen molar-refractivity contribution in [1.82, 2.24) is 4.98 Å². The van der Waals surface area contributed by atoms with Gasteiger partial charge in [0.25, 0.3) is 0 Å². The zero-order chi connectivity index (χ0) is 13.8. The number of hydrogen-bond donors (Lipinski definition) is 0. The first-order chi connectivity index (χ1) is 9.86. The van der Waals surface area contributed by atoms with Gasteiger partial charge in [-0.15, -0.1) is 11.8 Å². The molecule has 2 aromatic carbocycles. The predicted molar refractivity (Wildman–Crippen MR) is 84.3 cm³/mol. The van der Waals surface area contributed by atoms with Crippen LogP contribution >= 0.6 is 11.8 Å². The summed E-state index contributed by atoms with van der Waals surface area (Å²) in [6, 6.07) is 18.6. The third-order valence-corrected chi connectivity index (χ3v) is 4.23. The lowest BCUT2D eigenvalue weighted by Gasteiger charge is -2.06. The first-order valence-electron chi connectivity index (χ1n) is 6.46. The van der Waals surface area contributed by atoms with E-state index in [0.717, 1.165) is 17.0 Å². The van der Waals surface area contributed by atoms with E-state index in [4.69, 9.17) is 4.74 Å². The van der Waals surface area contributed by atoms with Gasteiger partial charge in [0.05, 0.1) is 12.6 Å². The molecule has 0 saturated carbocycles. The van der Waals surface area contributed by atoms with Crippen molar-refractivity contribution in [2.75, 3.05) is 7.11 Å². The van der Waals surface area contributed by atoms with E-state index in [2.05, 4.69) is 41.4 Å². The van der Waals surface area contributed by atoms with Crippen LogP contribution < -0.4 is 4.74 Å². The average Bonchev–Trinajstić information content (AvgIpc) is 2.53. The highest BCUT2D eigenvalue weighted by Crippen LogP contribution is 2.27. The van der Waals surface area contributed by atoms with Crippen molar-refractivity contribution in [3.8, 4) is 5.75 Å². The molecular formula is C17H15NOS. The molecule has 0 bridgehead atoms. The van der Waals surface area contributed by atoms with Gasteiger partial charge in [-0.2, -0.15) is 0 Å². The Balaban J connectivity index is 1.79. The minimum Gasteiger partial charge on any atom is -0.497 e. The number of nitrogens with zero attached hydrogens (tertiary/aromatic N) is 1. The number of ether oxygens (including phenoxy) is 1. The van der Waals surface area contributed by atoms with Crippen LogP contribution in [0.5, 0.6) is 5.75 Å². The lowest BCUT2D eigenvalue weighted by atomic mass is 10.1. The number of fused-ring (bicyclic) bond motifs is 1. The molecule has 0 radical (unpaired) electrons. The standard InChI is InChI=1S/C17H15NOS/c1-19-15-7-9-16(10-8-15)20-12-14-5-2-4-13-6-3-11-18-17(13)14/h2-11H,12H2,1H3. The fourth-order valence-electron chi connectivity index (χ4n) is 2.12. The highest BCUT2D eigenvalue weighted by Gasteiger charge is 2.03. The summed E-state index contributed by atoms with van der Waals surface area (Å²) in [5.74, 6) is 1.81. The van der Waals surface area contributed by atoms with E-state index in [-0.39, 0.29) is 0 Å². The maximum absolute atomic E-state index is 5.17. The molecule has 0 N–H and O–H groups in total. The van der Waals surface area contributed by atoms with Crippen LogP contribution in [-0.4, -0.2) is 12.1 Å². The van der Waals surface area contributed by atoms with Crippen LogP contribution in [0, 0.1) is 0 Å². The topological polar surface area (TPSA) is 22.1 Å². The molecular weight excluding hydrogens is 266 g/mol. The number of pyridine rings is 1. The number of rotatable bonds is 4. The molecule has 0 unspecified atom stereocenters. The van der Waals surface area contributed by atoms with E-state index in [1.807, 2.05) is 36.2 Å². The zero-order valence-corrected chi connectivity index (χ0v) is 12.1. The molecule has 2 nitrogen and oxygen atoms in total. The van der Waals surface area contributed by atoms with E-state index in [9.17, 15) is 0 Å². The minimum absolute atomic E-state index is 0.890. The molecule has 0 saturated heterocycles. The molecule has 3 heteroatoms. The summed E-state index contributed by atoms with van der Waals surface area (Å²) in [5.41, 5.74) is 2.36. The number of para-hydroxylation sites is 1. The van der Waals surface area contributed by atoms with Gasteiger partial charge in [-0.1, -0.05) is 24.3 Å². The fourth-order valence-corrected chi connectivity index (χ4v) is 3.00. The highest BCUT2D eigenvalue weighted by atomic mass is 32.2. The Bertz CT molecular complexity index is 704. The maximum Gasteiger partial charge on any atom is 0.118 e. The lowest BCUT2D eigenvalue weighted by Crippen LogP contribution is -1.87. The monoisotopic (exact) mass is 281 g/mol. The fraction of sp³-hybridized carbons (Fsp3) is 0.118. The third-order valence-electron chi connectivity index (χ3n) is 3.17. The summed E-state index contributed by atoms with van der Waals surface area (Å²) < 4.78 is 5.17. The zero-order valence-electron chi connectivity index (χ0n) is 11.2. The molecule has 0 amide bonds. The largest absolute Gasteiger partial charge is 0.497 e. The van der Waals surface area contributed by atoms with Gasteiger partial charge >= 0.3 is 0 Å². The summed E-state index contributed by atoms with van der Waals surface area (Å²) in [6.45, 7) is 0. The normalized spacial score (nSPS) is 10.7. The van der Waals surface area contributed by atoms with Crippen LogP contribution in [0.15, 0.2) is 65.7 Å². The Morgan fingerprint density at radius 3 is 2.60 bits per heavy atom. The van der Waals surface area contributed by atoms with Gasteiger partial charge in [0, 0.05) is 22.2 Å². The van der Waals surface area contributed by atoms with Crippen LogP contribution in [-0.2, 0) is 5.75 Å². The van der Waals surface area contributed by atoms with E-state index >= 15 is 0 Å². The highest BCUT2D eigenvalue weighted by molar-refractivity contribution is 7.98. The second-order valence-electron chi connectivity index (χ2n) is 4.46. The Labute approximate surface area is 122 Å². The summed E-state index contributed by atoms with van der Waals surface area (Å²) in [5, 5.41) is 1.19. The van der Waals surface area contributed by atoms with Gasteiger partial charge in [0.2, 0.25) is 0 Å². The average molecular weight is 281 g/mol. The quantitative estimate of drug-likeness (QED) is 0.656. The van der Waals surface area contributed by atoms with Gasteiger partial charge in [-0.3, -0.25) is 4.98 Å². The Kier molecular flexibility index (Phi) is 3.88. The summed E-state index contributed by atoms with van der Waals surface area (Å²) in [6.07, 6.45) is 1.85. The molecule has 3 rings (SSSR count). The van der Waals surface area contributed by atoms with Crippen molar-refractivity contribution >= 4 is 22.7 Å². The van der Waals surface area contributed by atoms with Crippen molar-refractivity contribution in [2.45, 2.75) is 10.6 Å². The third kappa shape index (κ3) is 2.78. The number of thioether (sulfide) groups is 1. The number of hydrogen-bond acceptors (Lipinski definition) is 3. The van der Waals surface area contributed by atoms with Crippen molar-refractivity contribution in [3.63, 3.8) is 0 Å². The number of aromatic nitrogens is 1. The van der Waals surface area contributed by atoms with Crippen molar-refractivity contribution < 1.29 is 4.74 Å². The minimum atomic E-state index is 0.890. The molecule has 1 heterocycles. The second-order valence-corrected chi connectivity index (χ2v) is 5.51. The van der Waals surface area contributed by atoms with E-state index in [1.165, 1.54) is 15.8 Å². The number of methoxy groups -OCH3 is 1. The molecule has 1 aromatic heterocycles. The molecule has 0 atom stereocenters. The van der Waals surface area contributed by atoms with Crippen LogP contribution in [0.25, 0.3) is 10.9 Å². The molecule has 20 heavy (non-hydrogen) atoms. The van der Waals surface area contributed by atoms with E-state index in [1.54, 1.807) is 7.11 Å². The molecule has 0 fully saturated rings. The number of benzene rings is 2. The van der Waals surface area contributed by atoms with Crippen LogP contribution in [0.1, 0.15) is 5.56 Å². The van der Waals surface area contributed by atoms with Crippen LogP contribution in [0.4, 0.5) is 0 Å². The Hall–Kier alpha value is -2.00. The van der Waals surface area contributed by atoms with Gasteiger partial charge < -0.3 is 4.74 Å². The lowest BCUT2D eigenvalue weighted by molar-refractivity contribution is 0.414. The second kappa shape index (κ2) is 5.97. The summed E-state index contributed by atoms with van der Waals surface area (Å²) in [4.78, 5) is 5.72. The van der Waals surface area contributed by atoms with Gasteiger partial charge in [-0.25, -0.2) is 0 Å². The smallest absolute Gasteiger partial charge is 0.118 e. The predicted octanol–water partition coefficient (Wildman–Crippen LogP) is 4.54. The van der Waals surface area contributed by atoms with Crippen molar-refractivity contribution in [3.05, 3.63) is 66.4 Å². The van der Waals surface area contributed by atoms with Crippen LogP contribution in [0.3, 0.4) is 0 Å². The van der Waals surface area contributed by atoms with Crippen LogP contribution in [0.2, 0.25) is 0 Å². The molecule has 0 spiro atoms. The van der Waals surface area contributed by atoms with E-state index in [0.29, 0.717) is 0 Å². The van der Waals surface area contributed by atoms with Gasteiger partial charge in [-0.05, 0) is 35.9 Å². The van der Waals surface area contributed by atoms with Gasteiger partial charge in [0.15, 0.2) is 0 Å². The van der Waals surface area contributed by atoms with E-state index < -0.39 is 0 Å². The molecule has 0 aliphatic rings. The Morgan fingerprint density at radius 1 is 1.00 bits per heavy atom. The molecule has 3 aromatic rings. The Morgan fingerprint density at radius 2 is 1.80 bits per heavy atom. The SMILES string of the molecule is COc1ccc(SCc2cccc3cccnc23)cc1. The summed E-state index contributed by atoms with van der Waals surface area (Å²) in [7, 11) is 1.68.